The third kappa shape index (κ3) is 1.65. The van der Waals surface area contributed by atoms with Crippen molar-refractivity contribution in [3.63, 3.8) is 0 Å². The van der Waals surface area contributed by atoms with Gasteiger partial charge in [0.15, 0.2) is 5.75 Å². The average Bonchev–Trinajstić information content (AvgIpc) is 2.66. The molecule has 0 unspecified atom stereocenters. The molecule has 1 aromatic rings. The average molecular weight is 232 g/mol. The number of hydrogen-bond donors (Lipinski definition) is 1. The summed E-state index contributed by atoms with van der Waals surface area (Å²) in [5.41, 5.74) is 0.690. The lowest BCUT2D eigenvalue weighted by Gasteiger charge is -2.05. The number of aliphatic imine (C=N–C) groups is 1. The molecular weight excluding hydrogens is 225 g/mol. The molecule has 3 nitrogen and oxygen atoms in total. The molecule has 0 fully saturated rings. The van der Waals surface area contributed by atoms with E-state index in [9.17, 15) is 5.11 Å². The van der Waals surface area contributed by atoms with Crippen molar-refractivity contribution in [1.82, 2.24) is 0 Å². The van der Waals surface area contributed by atoms with Crippen LogP contribution in [0.4, 0.5) is 0 Å². The van der Waals surface area contributed by atoms with Crippen molar-refractivity contribution in [2.45, 2.75) is 0 Å². The van der Waals surface area contributed by atoms with Crippen molar-refractivity contribution in [1.29, 1.82) is 0 Å². The first kappa shape index (κ1) is 9.62. The number of nitrogens with zero attached hydrogens (tertiary/aromatic N) is 1. The van der Waals surface area contributed by atoms with Crippen molar-refractivity contribution in [2.75, 3.05) is 13.2 Å². The first-order chi connectivity index (χ1) is 6.68. The van der Waals surface area contributed by atoms with Crippen molar-refractivity contribution in [2.24, 2.45) is 4.99 Å². The normalized spacial score (nSPS) is 15.1. The van der Waals surface area contributed by atoms with Gasteiger partial charge in [-0.3, -0.25) is 0 Å². The topological polar surface area (TPSA) is 41.8 Å². The van der Waals surface area contributed by atoms with E-state index in [0.717, 1.165) is 0 Å². The maximum Gasteiger partial charge on any atom is 0.216 e. The van der Waals surface area contributed by atoms with E-state index in [2.05, 4.69) is 4.99 Å². The smallest absolute Gasteiger partial charge is 0.216 e. The largest absolute Gasteiger partial charge is 0.505 e. The van der Waals surface area contributed by atoms with Crippen LogP contribution in [0.1, 0.15) is 5.56 Å². The summed E-state index contributed by atoms with van der Waals surface area (Å²) in [7, 11) is 0. The molecule has 14 heavy (non-hydrogen) atoms. The maximum atomic E-state index is 9.33. The van der Waals surface area contributed by atoms with Gasteiger partial charge in [0, 0.05) is 5.56 Å². The Morgan fingerprint density at radius 3 is 2.43 bits per heavy atom. The van der Waals surface area contributed by atoms with Crippen LogP contribution in [-0.4, -0.2) is 24.2 Å². The van der Waals surface area contributed by atoms with Crippen LogP contribution >= 0.6 is 23.2 Å². The predicted octanol–water partition coefficient (Wildman–Crippen LogP) is 2.48. The lowest BCUT2D eigenvalue weighted by atomic mass is 10.2. The second kappa shape index (κ2) is 3.67. The number of rotatable bonds is 1. The summed E-state index contributed by atoms with van der Waals surface area (Å²) in [6, 6.07) is 3.15. The van der Waals surface area contributed by atoms with E-state index in [4.69, 9.17) is 27.9 Å². The Bertz CT molecular complexity index is 381. The Balaban J connectivity index is 2.45. The predicted molar refractivity (Wildman–Crippen MR) is 55.5 cm³/mol. The molecule has 2 rings (SSSR count). The minimum atomic E-state index is -0.115. The number of benzene rings is 1. The second-order valence-corrected chi connectivity index (χ2v) is 3.64. The van der Waals surface area contributed by atoms with Crippen LogP contribution in [0.3, 0.4) is 0 Å². The standard InChI is InChI=1S/C9H7Cl2NO2/c10-6-3-5(4-7(11)8(6)13)9-12-1-2-14-9/h3-4,13H,1-2H2. The van der Waals surface area contributed by atoms with Gasteiger partial charge in [-0.05, 0) is 12.1 Å². The van der Waals surface area contributed by atoms with E-state index in [1.807, 2.05) is 0 Å². The van der Waals surface area contributed by atoms with E-state index in [1.54, 1.807) is 12.1 Å². The number of hydrogen-bond acceptors (Lipinski definition) is 3. The Labute approximate surface area is 90.9 Å². The van der Waals surface area contributed by atoms with Gasteiger partial charge in [0.1, 0.15) is 6.61 Å². The molecule has 0 bridgehead atoms. The third-order valence-electron chi connectivity index (χ3n) is 1.85. The van der Waals surface area contributed by atoms with Crippen LogP contribution in [-0.2, 0) is 4.74 Å². The van der Waals surface area contributed by atoms with E-state index >= 15 is 0 Å². The summed E-state index contributed by atoms with van der Waals surface area (Å²) in [5, 5.41) is 9.73. The van der Waals surface area contributed by atoms with E-state index in [1.165, 1.54) is 0 Å². The van der Waals surface area contributed by atoms with Crippen molar-refractivity contribution in [3.05, 3.63) is 27.7 Å². The highest BCUT2D eigenvalue weighted by Gasteiger charge is 2.14. The summed E-state index contributed by atoms with van der Waals surface area (Å²) in [4.78, 5) is 4.11. The number of phenols is 1. The Morgan fingerprint density at radius 2 is 1.93 bits per heavy atom. The molecule has 0 saturated heterocycles. The molecule has 0 aromatic heterocycles. The molecule has 1 aromatic carbocycles. The number of ether oxygens (including phenoxy) is 1. The van der Waals surface area contributed by atoms with Gasteiger partial charge in [-0.2, -0.15) is 0 Å². The summed E-state index contributed by atoms with van der Waals surface area (Å²) in [5.74, 6) is 0.407. The molecule has 0 saturated carbocycles. The van der Waals surface area contributed by atoms with Gasteiger partial charge < -0.3 is 9.84 Å². The highest BCUT2D eigenvalue weighted by atomic mass is 35.5. The van der Waals surface area contributed by atoms with E-state index < -0.39 is 0 Å². The molecule has 1 aliphatic heterocycles. The lowest BCUT2D eigenvalue weighted by Crippen LogP contribution is -2.00. The molecule has 0 radical (unpaired) electrons. The molecule has 1 N–H and O–H groups in total. The fourth-order valence-corrected chi connectivity index (χ4v) is 1.69. The monoisotopic (exact) mass is 231 g/mol. The molecule has 0 aliphatic carbocycles. The molecule has 0 spiro atoms. The number of aromatic hydroxyl groups is 1. The summed E-state index contributed by atoms with van der Waals surface area (Å²) >= 11 is 11.5. The van der Waals surface area contributed by atoms with Crippen LogP contribution in [0.25, 0.3) is 0 Å². The molecule has 1 heterocycles. The quantitative estimate of drug-likeness (QED) is 0.807. The van der Waals surface area contributed by atoms with Crippen LogP contribution in [0, 0.1) is 0 Å². The van der Waals surface area contributed by atoms with Crippen molar-refractivity contribution >= 4 is 29.1 Å². The molecule has 0 amide bonds. The molecular formula is C9H7Cl2NO2. The van der Waals surface area contributed by atoms with Crippen molar-refractivity contribution in [3.8, 4) is 5.75 Å². The highest BCUT2D eigenvalue weighted by molar-refractivity contribution is 6.37. The molecule has 74 valence electrons. The summed E-state index contributed by atoms with van der Waals surface area (Å²) in [6.45, 7) is 1.22. The zero-order valence-corrected chi connectivity index (χ0v) is 8.64. The zero-order chi connectivity index (χ0) is 10.1. The third-order valence-corrected chi connectivity index (χ3v) is 2.43. The van der Waals surface area contributed by atoms with Crippen LogP contribution in [0.15, 0.2) is 17.1 Å². The van der Waals surface area contributed by atoms with Gasteiger partial charge in [-0.15, -0.1) is 0 Å². The van der Waals surface area contributed by atoms with E-state index in [-0.39, 0.29) is 15.8 Å². The minimum Gasteiger partial charge on any atom is -0.505 e. The summed E-state index contributed by atoms with van der Waals surface area (Å²) in [6.07, 6.45) is 0. The Hall–Kier alpha value is -0.930. The van der Waals surface area contributed by atoms with E-state index in [0.29, 0.717) is 24.6 Å². The zero-order valence-electron chi connectivity index (χ0n) is 7.13. The van der Waals surface area contributed by atoms with Crippen LogP contribution in [0.2, 0.25) is 10.0 Å². The second-order valence-electron chi connectivity index (χ2n) is 2.82. The Morgan fingerprint density at radius 1 is 1.29 bits per heavy atom. The maximum absolute atomic E-state index is 9.33. The van der Waals surface area contributed by atoms with Gasteiger partial charge in [-0.1, -0.05) is 23.2 Å². The number of phenolic OH excluding ortho intramolecular Hbond substituents is 1. The van der Waals surface area contributed by atoms with Gasteiger partial charge in [0.05, 0.1) is 16.6 Å². The van der Waals surface area contributed by atoms with Gasteiger partial charge >= 0.3 is 0 Å². The first-order valence-corrected chi connectivity index (χ1v) is 4.79. The number of halogens is 2. The Kier molecular flexibility index (Phi) is 2.52. The first-order valence-electron chi connectivity index (χ1n) is 4.04. The molecule has 1 aliphatic rings. The minimum absolute atomic E-state index is 0.115. The van der Waals surface area contributed by atoms with Gasteiger partial charge in [0.2, 0.25) is 5.90 Å². The molecule has 0 atom stereocenters. The highest BCUT2D eigenvalue weighted by Crippen LogP contribution is 2.33. The van der Waals surface area contributed by atoms with Gasteiger partial charge in [0.25, 0.3) is 0 Å². The van der Waals surface area contributed by atoms with Crippen molar-refractivity contribution < 1.29 is 9.84 Å². The lowest BCUT2D eigenvalue weighted by molar-refractivity contribution is 0.348. The van der Waals surface area contributed by atoms with Crippen LogP contribution in [0.5, 0.6) is 5.75 Å². The fourth-order valence-electron chi connectivity index (χ4n) is 1.20. The SMILES string of the molecule is Oc1c(Cl)cc(C2=NCCO2)cc1Cl. The molecule has 5 heteroatoms. The van der Waals surface area contributed by atoms with Crippen LogP contribution < -0.4 is 0 Å². The van der Waals surface area contributed by atoms with Gasteiger partial charge in [-0.25, -0.2) is 4.99 Å². The fraction of sp³-hybridized carbons (Fsp3) is 0.222. The summed E-state index contributed by atoms with van der Waals surface area (Å²) < 4.78 is 5.24.